The highest BCUT2D eigenvalue weighted by atomic mass is 19.1. The van der Waals surface area contributed by atoms with E-state index in [4.69, 9.17) is 5.73 Å². The molecule has 12 heavy (non-hydrogen) atoms. The van der Waals surface area contributed by atoms with Crippen LogP contribution in [0, 0.1) is 0 Å². The Morgan fingerprint density at radius 3 is 2.75 bits per heavy atom. The van der Waals surface area contributed by atoms with Crippen LogP contribution in [0.2, 0.25) is 0 Å². The fourth-order valence-electron chi connectivity index (χ4n) is 2.51. The smallest absolute Gasteiger partial charge is 0.127 e. The SMILES string of the molecule is NC1CCC(F)(C2CCCN2)C1. The minimum Gasteiger partial charge on any atom is -0.328 e. The molecule has 0 aromatic heterocycles. The molecule has 0 aromatic carbocycles. The maximum Gasteiger partial charge on any atom is 0.127 e. The van der Waals surface area contributed by atoms with E-state index < -0.39 is 5.67 Å². The maximum atomic E-state index is 14.1. The highest BCUT2D eigenvalue weighted by Crippen LogP contribution is 2.38. The molecule has 3 N–H and O–H groups in total. The third-order valence-electron chi connectivity index (χ3n) is 3.22. The summed E-state index contributed by atoms with van der Waals surface area (Å²) in [5.74, 6) is 0. The lowest BCUT2D eigenvalue weighted by molar-refractivity contribution is 0.121. The van der Waals surface area contributed by atoms with Crippen molar-refractivity contribution < 1.29 is 4.39 Å². The van der Waals surface area contributed by atoms with Crippen LogP contribution in [-0.2, 0) is 0 Å². The Balaban J connectivity index is 2.00. The molecule has 2 aliphatic rings. The van der Waals surface area contributed by atoms with E-state index in [-0.39, 0.29) is 12.1 Å². The first kappa shape index (κ1) is 8.45. The fraction of sp³-hybridized carbons (Fsp3) is 1.00. The van der Waals surface area contributed by atoms with Crippen molar-refractivity contribution in [3.8, 4) is 0 Å². The van der Waals surface area contributed by atoms with Crippen LogP contribution in [-0.4, -0.2) is 24.3 Å². The first-order valence-corrected chi connectivity index (χ1v) is 4.89. The number of rotatable bonds is 1. The Morgan fingerprint density at radius 1 is 1.42 bits per heavy atom. The topological polar surface area (TPSA) is 38.0 Å². The van der Waals surface area contributed by atoms with Gasteiger partial charge in [-0.15, -0.1) is 0 Å². The lowest BCUT2D eigenvalue weighted by Crippen LogP contribution is -2.43. The summed E-state index contributed by atoms with van der Waals surface area (Å²) >= 11 is 0. The predicted molar refractivity (Wildman–Crippen MR) is 46.7 cm³/mol. The summed E-state index contributed by atoms with van der Waals surface area (Å²) in [6.45, 7) is 0.978. The highest BCUT2D eigenvalue weighted by molar-refractivity contribution is 5.01. The van der Waals surface area contributed by atoms with Gasteiger partial charge in [0, 0.05) is 12.1 Å². The van der Waals surface area contributed by atoms with Crippen LogP contribution in [0.1, 0.15) is 32.1 Å². The summed E-state index contributed by atoms with van der Waals surface area (Å²) in [7, 11) is 0. The van der Waals surface area contributed by atoms with Crippen molar-refractivity contribution in [1.82, 2.24) is 5.32 Å². The summed E-state index contributed by atoms with van der Waals surface area (Å²) in [4.78, 5) is 0. The molecule has 1 aliphatic carbocycles. The van der Waals surface area contributed by atoms with Gasteiger partial charge in [-0.1, -0.05) is 0 Å². The highest BCUT2D eigenvalue weighted by Gasteiger charge is 2.45. The maximum absolute atomic E-state index is 14.1. The van der Waals surface area contributed by atoms with Crippen LogP contribution >= 0.6 is 0 Å². The molecular weight excluding hydrogens is 155 g/mol. The summed E-state index contributed by atoms with van der Waals surface area (Å²) < 4.78 is 14.1. The molecule has 0 amide bonds. The number of hydrogen-bond donors (Lipinski definition) is 2. The zero-order valence-electron chi connectivity index (χ0n) is 7.35. The number of alkyl halides is 1. The van der Waals surface area contributed by atoms with E-state index in [1.165, 1.54) is 0 Å². The molecule has 1 aliphatic heterocycles. The van der Waals surface area contributed by atoms with Gasteiger partial charge in [0.05, 0.1) is 0 Å². The largest absolute Gasteiger partial charge is 0.328 e. The van der Waals surface area contributed by atoms with Gasteiger partial charge in [-0.25, -0.2) is 4.39 Å². The molecule has 0 bridgehead atoms. The van der Waals surface area contributed by atoms with Gasteiger partial charge < -0.3 is 11.1 Å². The molecule has 3 heteroatoms. The molecule has 2 rings (SSSR count). The second-order valence-corrected chi connectivity index (χ2v) is 4.19. The molecule has 0 aromatic rings. The minimum absolute atomic E-state index is 0.0889. The molecule has 0 radical (unpaired) electrons. The van der Waals surface area contributed by atoms with Crippen molar-refractivity contribution in [2.24, 2.45) is 5.73 Å². The summed E-state index contributed by atoms with van der Waals surface area (Å²) in [6.07, 6.45) is 4.18. The van der Waals surface area contributed by atoms with Crippen molar-refractivity contribution in [1.29, 1.82) is 0 Å². The summed E-state index contributed by atoms with van der Waals surface area (Å²) in [6, 6.07) is 0.184. The van der Waals surface area contributed by atoms with Gasteiger partial charge in [0.1, 0.15) is 5.67 Å². The molecule has 1 heterocycles. The molecule has 2 fully saturated rings. The van der Waals surface area contributed by atoms with Crippen LogP contribution in [0.3, 0.4) is 0 Å². The molecule has 3 unspecified atom stereocenters. The van der Waals surface area contributed by atoms with E-state index in [0.29, 0.717) is 12.8 Å². The molecule has 0 spiro atoms. The van der Waals surface area contributed by atoms with Gasteiger partial charge in [0.25, 0.3) is 0 Å². The van der Waals surface area contributed by atoms with E-state index in [1.54, 1.807) is 0 Å². The first-order chi connectivity index (χ1) is 5.71. The average Bonchev–Trinajstić information content (AvgIpc) is 2.59. The summed E-state index contributed by atoms with van der Waals surface area (Å²) in [5, 5.41) is 3.23. The summed E-state index contributed by atoms with van der Waals surface area (Å²) in [5.41, 5.74) is 4.72. The predicted octanol–water partition coefficient (Wildman–Crippen LogP) is 0.958. The van der Waals surface area contributed by atoms with Crippen molar-refractivity contribution in [2.75, 3.05) is 6.54 Å². The lowest BCUT2D eigenvalue weighted by atomic mass is 9.93. The van der Waals surface area contributed by atoms with E-state index >= 15 is 0 Å². The Hall–Kier alpha value is -0.150. The Kier molecular flexibility index (Phi) is 2.09. The van der Waals surface area contributed by atoms with Gasteiger partial charge in [0.15, 0.2) is 0 Å². The second-order valence-electron chi connectivity index (χ2n) is 4.19. The van der Waals surface area contributed by atoms with Gasteiger partial charge in [0.2, 0.25) is 0 Å². The first-order valence-electron chi connectivity index (χ1n) is 4.89. The van der Waals surface area contributed by atoms with Gasteiger partial charge in [-0.2, -0.15) is 0 Å². The zero-order chi connectivity index (χ0) is 8.60. The number of halogens is 1. The minimum atomic E-state index is -0.990. The van der Waals surface area contributed by atoms with E-state index in [1.807, 2.05) is 0 Å². The van der Waals surface area contributed by atoms with Crippen molar-refractivity contribution in [2.45, 2.75) is 49.9 Å². The zero-order valence-corrected chi connectivity index (χ0v) is 7.35. The molecule has 3 atom stereocenters. The third kappa shape index (κ3) is 1.36. The van der Waals surface area contributed by atoms with E-state index in [2.05, 4.69) is 5.32 Å². The van der Waals surface area contributed by atoms with Gasteiger partial charge in [-0.05, 0) is 38.6 Å². The van der Waals surface area contributed by atoms with Gasteiger partial charge >= 0.3 is 0 Å². The quantitative estimate of drug-likeness (QED) is 0.618. The standard InChI is InChI=1S/C9H17FN2/c10-9(4-3-7(11)6-9)8-2-1-5-12-8/h7-8,12H,1-6,11H2. The van der Waals surface area contributed by atoms with Crippen LogP contribution in [0.15, 0.2) is 0 Å². The van der Waals surface area contributed by atoms with Crippen molar-refractivity contribution >= 4 is 0 Å². The Morgan fingerprint density at radius 2 is 2.25 bits per heavy atom. The fourth-order valence-corrected chi connectivity index (χ4v) is 2.51. The van der Waals surface area contributed by atoms with Crippen molar-refractivity contribution in [3.05, 3.63) is 0 Å². The van der Waals surface area contributed by atoms with E-state index in [9.17, 15) is 4.39 Å². The van der Waals surface area contributed by atoms with Crippen LogP contribution in [0.25, 0.3) is 0 Å². The monoisotopic (exact) mass is 172 g/mol. The van der Waals surface area contributed by atoms with Crippen molar-refractivity contribution in [3.63, 3.8) is 0 Å². The van der Waals surface area contributed by atoms with E-state index in [0.717, 1.165) is 25.8 Å². The van der Waals surface area contributed by atoms with Crippen LogP contribution in [0.5, 0.6) is 0 Å². The van der Waals surface area contributed by atoms with Gasteiger partial charge in [-0.3, -0.25) is 0 Å². The van der Waals surface area contributed by atoms with Crippen LogP contribution < -0.4 is 11.1 Å². The second kappa shape index (κ2) is 2.96. The van der Waals surface area contributed by atoms with Crippen LogP contribution in [0.4, 0.5) is 4.39 Å². The lowest BCUT2D eigenvalue weighted by Gasteiger charge is -2.26. The number of hydrogen-bond acceptors (Lipinski definition) is 2. The molecule has 1 saturated heterocycles. The Labute approximate surface area is 72.7 Å². The molecule has 70 valence electrons. The normalized spacial score (nSPS) is 48.5. The molecule has 1 saturated carbocycles. The Bertz CT molecular complexity index is 168. The molecule has 2 nitrogen and oxygen atoms in total. The molecular formula is C9H17FN2. The third-order valence-corrected chi connectivity index (χ3v) is 3.22. The number of nitrogens with two attached hydrogens (primary N) is 1. The average molecular weight is 172 g/mol. The number of nitrogens with one attached hydrogen (secondary N) is 1.